The number of amides is 1. The van der Waals surface area contributed by atoms with Crippen molar-refractivity contribution in [3.8, 4) is 0 Å². The van der Waals surface area contributed by atoms with Crippen LogP contribution in [-0.4, -0.2) is 47.2 Å². The molecule has 5 nitrogen and oxygen atoms in total. The van der Waals surface area contributed by atoms with Gasteiger partial charge < -0.3 is 9.80 Å². The molecule has 4 rings (SSSR count). The van der Waals surface area contributed by atoms with Crippen LogP contribution in [0.15, 0.2) is 36.4 Å². The van der Waals surface area contributed by atoms with Crippen molar-refractivity contribution in [2.24, 2.45) is 0 Å². The van der Waals surface area contributed by atoms with Gasteiger partial charge in [-0.3, -0.25) is 4.79 Å². The van der Waals surface area contributed by atoms with Crippen molar-refractivity contribution in [1.82, 2.24) is 15.1 Å². The lowest BCUT2D eigenvalue weighted by atomic mass is 10.1. The maximum atomic E-state index is 12.6. The molecule has 1 aliphatic heterocycles. The number of nitrogens with zero attached hydrogens (tertiary/aromatic N) is 4. The fourth-order valence-corrected chi connectivity index (χ4v) is 3.37. The van der Waals surface area contributed by atoms with Gasteiger partial charge in [0.05, 0.1) is 12.1 Å². The first kappa shape index (κ1) is 16.1. The van der Waals surface area contributed by atoms with E-state index in [1.54, 1.807) is 0 Å². The molecule has 1 aromatic heterocycles. The van der Waals surface area contributed by atoms with E-state index in [-0.39, 0.29) is 5.91 Å². The first-order valence-electron chi connectivity index (χ1n) is 9.11. The summed E-state index contributed by atoms with van der Waals surface area (Å²) in [5, 5.41) is 8.75. The van der Waals surface area contributed by atoms with E-state index < -0.39 is 0 Å². The van der Waals surface area contributed by atoms with Crippen LogP contribution in [0.3, 0.4) is 0 Å². The fraction of sp³-hybridized carbons (Fsp3) is 0.450. The monoisotopic (exact) mass is 336 g/mol. The summed E-state index contributed by atoms with van der Waals surface area (Å²) >= 11 is 0. The maximum absolute atomic E-state index is 12.6. The molecule has 1 aromatic carbocycles. The lowest BCUT2D eigenvalue weighted by molar-refractivity contribution is -0.130. The van der Waals surface area contributed by atoms with Crippen molar-refractivity contribution in [2.75, 3.05) is 31.1 Å². The van der Waals surface area contributed by atoms with Crippen LogP contribution < -0.4 is 4.90 Å². The van der Waals surface area contributed by atoms with E-state index in [0.29, 0.717) is 12.3 Å². The lowest BCUT2D eigenvalue weighted by Crippen LogP contribution is -2.49. The highest BCUT2D eigenvalue weighted by molar-refractivity contribution is 5.79. The van der Waals surface area contributed by atoms with Crippen LogP contribution >= 0.6 is 0 Å². The van der Waals surface area contributed by atoms with Crippen LogP contribution in [0.4, 0.5) is 5.82 Å². The van der Waals surface area contributed by atoms with Gasteiger partial charge in [0.2, 0.25) is 5.91 Å². The third kappa shape index (κ3) is 3.65. The fourth-order valence-electron chi connectivity index (χ4n) is 3.37. The quantitative estimate of drug-likeness (QED) is 0.861. The zero-order chi connectivity index (χ0) is 17.2. The van der Waals surface area contributed by atoms with E-state index in [4.69, 9.17) is 0 Å². The average Bonchev–Trinajstić information content (AvgIpc) is 3.49. The van der Waals surface area contributed by atoms with Crippen LogP contribution in [0.5, 0.6) is 0 Å². The molecule has 2 aromatic rings. The van der Waals surface area contributed by atoms with Crippen LogP contribution in [-0.2, 0) is 11.2 Å². The van der Waals surface area contributed by atoms with Crippen LogP contribution in [0, 0.1) is 6.92 Å². The van der Waals surface area contributed by atoms with E-state index in [1.165, 1.54) is 18.4 Å². The molecule has 2 fully saturated rings. The third-order valence-corrected chi connectivity index (χ3v) is 5.23. The van der Waals surface area contributed by atoms with E-state index >= 15 is 0 Å². The number of carbonyl (C=O) groups is 1. The molecule has 0 bridgehead atoms. The van der Waals surface area contributed by atoms with E-state index in [9.17, 15) is 4.79 Å². The normalized spacial score (nSPS) is 17.6. The Balaban J connectivity index is 1.33. The number of hydrogen-bond acceptors (Lipinski definition) is 4. The van der Waals surface area contributed by atoms with Crippen molar-refractivity contribution >= 4 is 11.7 Å². The molecule has 130 valence electrons. The van der Waals surface area contributed by atoms with Gasteiger partial charge in [-0.15, -0.1) is 5.10 Å². The van der Waals surface area contributed by atoms with Gasteiger partial charge in [0.15, 0.2) is 5.82 Å². The first-order valence-corrected chi connectivity index (χ1v) is 9.11. The zero-order valence-corrected chi connectivity index (χ0v) is 14.7. The van der Waals surface area contributed by atoms with Gasteiger partial charge in [-0.2, -0.15) is 5.10 Å². The van der Waals surface area contributed by atoms with Gasteiger partial charge in [-0.25, -0.2) is 0 Å². The molecular formula is C20H24N4O. The van der Waals surface area contributed by atoms with E-state index in [2.05, 4.69) is 40.2 Å². The molecule has 0 spiro atoms. The Hall–Kier alpha value is -2.43. The molecule has 1 saturated heterocycles. The van der Waals surface area contributed by atoms with Crippen LogP contribution in [0.2, 0.25) is 0 Å². The second-order valence-electron chi connectivity index (χ2n) is 7.06. The molecule has 2 heterocycles. The topological polar surface area (TPSA) is 49.3 Å². The van der Waals surface area contributed by atoms with Gasteiger partial charge >= 0.3 is 0 Å². The molecule has 1 amide bonds. The minimum absolute atomic E-state index is 0.212. The van der Waals surface area contributed by atoms with Gasteiger partial charge in [-0.05, 0) is 43.0 Å². The summed E-state index contributed by atoms with van der Waals surface area (Å²) in [4.78, 5) is 16.8. The molecule has 0 unspecified atom stereocenters. The highest BCUT2D eigenvalue weighted by Crippen LogP contribution is 2.38. The van der Waals surface area contributed by atoms with Crippen molar-refractivity contribution in [3.05, 3.63) is 53.2 Å². The summed E-state index contributed by atoms with van der Waals surface area (Å²) in [6, 6.07) is 12.3. The standard InChI is InChI=1S/C20H24N4O/c1-15-4-2-3-5-17(15)14-20(25)24-12-10-23(11-13-24)19-9-8-18(21-22-19)16-6-7-16/h2-5,8-9,16H,6-7,10-14H2,1H3. The number of rotatable bonds is 4. The number of benzene rings is 1. The number of piperazine rings is 1. The first-order chi connectivity index (χ1) is 12.2. The largest absolute Gasteiger partial charge is 0.352 e. The van der Waals surface area contributed by atoms with Gasteiger partial charge in [-0.1, -0.05) is 24.3 Å². The molecule has 0 atom stereocenters. The lowest BCUT2D eigenvalue weighted by Gasteiger charge is -2.35. The minimum atomic E-state index is 0.212. The molecule has 0 radical (unpaired) electrons. The molecule has 1 saturated carbocycles. The SMILES string of the molecule is Cc1ccccc1CC(=O)N1CCN(c2ccc(C3CC3)nn2)CC1. The van der Waals surface area contributed by atoms with Crippen molar-refractivity contribution in [1.29, 1.82) is 0 Å². The number of hydrogen-bond donors (Lipinski definition) is 0. The summed E-state index contributed by atoms with van der Waals surface area (Å²) in [6.45, 7) is 5.19. The Morgan fingerprint density at radius 1 is 1.04 bits per heavy atom. The van der Waals surface area contributed by atoms with Gasteiger partial charge in [0.1, 0.15) is 0 Å². The summed E-state index contributed by atoms with van der Waals surface area (Å²) < 4.78 is 0. The summed E-state index contributed by atoms with van der Waals surface area (Å²) in [7, 11) is 0. The molecular weight excluding hydrogens is 312 g/mol. The smallest absolute Gasteiger partial charge is 0.227 e. The minimum Gasteiger partial charge on any atom is -0.352 e. The molecule has 0 N–H and O–H groups in total. The zero-order valence-electron chi connectivity index (χ0n) is 14.7. The maximum Gasteiger partial charge on any atom is 0.227 e. The Labute approximate surface area is 148 Å². The summed E-state index contributed by atoms with van der Waals surface area (Å²) in [5.74, 6) is 1.77. The van der Waals surface area contributed by atoms with E-state index in [0.717, 1.165) is 43.3 Å². The van der Waals surface area contributed by atoms with Crippen LogP contribution in [0.1, 0.15) is 35.6 Å². The second kappa shape index (κ2) is 6.82. The number of aromatic nitrogens is 2. The summed E-state index contributed by atoms with van der Waals surface area (Å²) in [5.41, 5.74) is 3.42. The van der Waals surface area contributed by atoms with Crippen molar-refractivity contribution < 1.29 is 4.79 Å². The molecule has 1 aliphatic carbocycles. The third-order valence-electron chi connectivity index (χ3n) is 5.23. The second-order valence-corrected chi connectivity index (χ2v) is 7.06. The Kier molecular flexibility index (Phi) is 4.38. The Morgan fingerprint density at radius 3 is 2.44 bits per heavy atom. The van der Waals surface area contributed by atoms with Crippen LogP contribution in [0.25, 0.3) is 0 Å². The highest BCUT2D eigenvalue weighted by Gasteiger charge is 2.26. The van der Waals surface area contributed by atoms with Crippen molar-refractivity contribution in [3.63, 3.8) is 0 Å². The predicted molar refractivity (Wildman–Crippen MR) is 97.7 cm³/mol. The number of anilines is 1. The highest BCUT2D eigenvalue weighted by atomic mass is 16.2. The Morgan fingerprint density at radius 2 is 1.80 bits per heavy atom. The molecule has 5 heteroatoms. The van der Waals surface area contributed by atoms with E-state index in [1.807, 2.05) is 23.1 Å². The summed E-state index contributed by atoms with van der Waals surface area (Å²) in [6.07, 6.45) is 2.98. The number of aryl methyl sites for hydroxylation is 1. The number of carbonyl (C=O) groups excluding carboxylic acids is 1. The van der Waals surface area contributed by atoms with Crippen molar-refractivity contribution in [2.45, 2.75) is 32.1 Å². The van der Waals surface area contributed by atoms with Gasteiger partial charge in [0.25, 0.3) is 0 Å². The predicted octanol–water partition coefficient (Wildman–Crippen LogP) is 2.55. The Bertz CT molecular complexity index is 747. The average molecular weight is 336 g/mol. The molecule has 2 aliphatic rings. The van der Waals surface area contributed by atoms with Gasteiger partial charge in [0, 0.05) is 32.1 Å². The molecule has 25 heavy (non-hydrogen) atoms.